The molecule has 1 atom stereocenters. The molecule has 1 fully saturated rings. The van der Waals surface area contributed by atoms with Crippen molar-refractivity contribution in [1.82, 2.24) is 9.47 Å². The van der Waals surface area contributed by atoms with Gasteiger partial charge in [-0.1, -0.05) is 0 Å². The number of hydrogen-bond donors (Lipinski definition) is 1. The summed E-state index contributed by atoms with van der Waals surface area (Å²) in [4.78, 5) is 13.1. The van der Waals surface area contributed by atoms with Gasteiger partial charge in [0.2, 0.25) is 5.91 Å². The number of nitrogens with zero attached hydrogens (tertiary/aromatic N) is 2. The second-order valence-corrected chi connectivity index (χ2v) is 5.08. The summed E-state index contributed by atoms with van der Waals surface area (Å²) in [6, 6.07) is 2.25. The van der Waals surface area contributed by atoms with Crippen LogP contribution in [-0.4, -0.2) is 29.5 Å². The quantitative estimate of drug-likeness (QED) is 0.838. The van der Waals surface area contributed by atoms with Crippen LogP contribution in [-0.2, 0) is 11.3 Å². The average molecular weight is 235 g/mol. The third kappa shape index (κ3) is 3.09. The Balaban J connectivity index is 1.87. The first-order chi connectivity index (χ1) is 8.08. The molecule has 1 aromatic rings. The zero-order chi connectivity index (χ0) is 12.4. The van der Waals surface area contributed by atoms with Gasteiger partial charge in [-0.15, -0.1) is 0 Å². The van der Waals surface area contributed by atoms with Gasteiger partial charge in [0.25, 0.3) is 0 Å². The Morgan fingerprint density at radius 2 is 2.29 bits per heavy atom. The number of amides is 1. The van der Waals surface area contributed by atoms with Crippen molar-refractivity contribution in [3.05, 3.63) is 24.0 Å². The molecule has 1 amide bonds. The highest BCUT2D eigenvalue weighted by Gasteiger charge is 2.29. The van der Waals surface area contributed by atoms with Crippen LogP contribution in [0.3, 0.4) is 0 Å². The van der Waals surface area contributed by atoms with Gasteiger partial charge in [0.1, 0.15) is 0 Å². The number of hydrogen-bond acceptors (Lipinski definition) is 2. The minimum atomic E-state index is 0.159. The maximum Gasteiger partial charge on any atom is 0.223 e. The first kappa shape index (κ1) is 12.2. The molecule has 2 rings (SSSR count). The normalized spacial score (nSPS) is 16.9. The van der Waals surface area contributed by atoms with Crippen LogP contribution in [0.15, 0.2) is 18.5 Å². The number of rotatable bonds is 5. The summed E-state index contributed by atoms with van der Waals surface area (Å²) >= 11 is 0. The molecule has 2 N–H and O–H groups in total. The fourth-order valence-corrected chi connectivity index (χ4v) is 1.97. The van der Waals surface area contributed by atoms with Gasteiger partial charge in [0, 0.05) is 45.5 Å². The SMILES string of the molecule is CN(C)C(=O)CCn1ccc(C(N)C2CC2)c1. The Bertz CT molecular complexity index is 393. The molecule has 1 aliphatic carbocycles. The summed E-state index contributed by atoms with van der Waals surface area (Å²) in [5.74, 6) is 0.834. The van der Waals surface area contributed by atoms with E-state index in [2.05, 4.69) is 16.8 Å². The molecule has 0 radical (unpaired) electrons. The maximum atomic E-state index is 11.5. The zero-order valence-electron chi connectivity index (χ0n) is 10.6. The molecule has 1 aromatic heterocycles. The van der Waals surface area contributed by atoms with Gasteiger partial charge in [-0.2, -0.15) is 0 Å². The molecule has 1 aliphatic rings. The van der Waals surface area contributed by atoms with Gasteiger partial charge in [0.15, 0.2) is 0 Å². The van der Waals surface area contributed by atoms with Crippen LogP contribution in [0.5, 0.6) is 0 Å². The predicted octanol–water partition coefficient (Wildman–Crippen LogP) is 1.38. The van der Waals surface area contributed by atoms with Crippen molar-refractivity contribution in [2.45, 2.75) is 31.8 Å². The fourth-order valence-electron chi connectivity index (χ4n) is 1.97. The van der Waals surface area contributed by atoms with Gasteiger partial charge in [0.05, 0.1) is 0 Å². The van der Waals surface area contributed by atoms with Crippen molar-refractivity contribution < 1.29 is 4.79 Å². The molecular formula is C13H21N3O. The lowest BCUT2D eigenvalue weighted by Crippen LogP contribution is -2.22. The standard InChI is InChI=1S/C13H21N3O/c1-15(2)12(17)6-8-16-7-5-11(9-16)13(14)10-3-4-10/h5,7,9-10,13H,3-4,6,8,14H2,1-2H3. The molecule has 4 heteroatoms. The van der Waals surface area contributed by atoms with Crippen molar-refractivity contribution in [2.24, 2.45) is 11.7 Å². The second-order valence-electron chi connectivity index (χ2n) is 5.08. The highest BCUT2D eigenvalue weighted by Crippen LogP contribution is 2.39. The fraction of sp³-hybridized carbons (Fsp3) is 0.615. The Labute approximate surface area is 102 Å². The Kier molecular flexibility index (Phi) is 3.52. The lowest BCUT2D eigenvalue weighted by atomic mass is 10.1. The van der Waals surface area contributed by atoms with E-state index in [1.54, 1.807) is 19.0 Å². The van der Waals surface area contributed by atoms with Gasteiger partial charge in [-0.05, 0) is 30.4 Å². The molecule has 0 spiro atoms. The van der Waals surface area contributed by atoms with Gasteiger partial charge in [-0.25, -0.2) is 0 Å². The van der Waals surface area contributed by atoms with Crippen LogP contribution in [0.4, 0.5) is 0 Å². The topological polar surface area (TPSA) is 51.3 Å². The van der Waals surface area contributed by atoms with E-state index in [1.807, 2.05) is 6.20 Å². The second kappa shape index (κ2) is 4.92. The summed E-state index contributed by atoms with van der Waals surface area (Å²) in [7, 11) is 3.57. The number of carbonyl (C=O) groups is 1. The third-order valence-electron chi connectivity index (χ3n) is 3.37. The highest BCUT2D eigenvalue weighted by molar-refractivity contribution is 5.75. The maximum absolute atomic E-state index is 11.5. The van der Waals surface area contributed by atoms with Crippen LogP contribution in [0.2, 0.25) is 0 Å². The zero-order valence-corrected chi connectivity index (χ0v) is 10.6. The number of aromatic nitrogens is 1. The van der Waals surface area contributed by atoms with E-state index in [1.165, 1.54) is 18.4 Å². The van der Waals surface area contributed by atoms with Gasteiger partial charge >= 0.3 is 0 Å². The molecule has 0 aliphatic heterocycles. The minimum absolute atomic E-state index is 0.159. The van der Waals surface area contributed by atoms with Crippen molar-refractivity contribution >= 4 is 5.91 Å². The van der Waals surface area contributed by atoms with Crippen molar-refractivity contribution in [3.63, 3.8) is 0 Å². The molecule has 4 nitrogen and oxygen atoms in total. The van der Waals surface area contributed by atoms with E-state index in [0.717, 1.165) is 6.54 Å². The molecule has 1 unspecified atom stereocenters. The Hall–Kier alpha value is -1.29. The number of nitrogens with two attached hydrogens (primary N) is 1. The molecule has 94 valence electrons. The number of carbonyl (C=O) groups excluding carboxylic acids is 1. The first-order valence-corrected chi connectivity index (χ1v) is 6.19. The van der Waals surface area contributed by atoms with Crippen molar-refractivity contribution in [3.8, 4) is 0 Å². The summed E-state index contributed by atoms with van der Waals surface area (Å²) in [5, 5.41) is 0. The van der Waals surface area contributed by atoms with E-state index in [9.17, 15) is 4.79 Å². The summed E-state index contributed by atoms with van der Waals surface area (Å²) < 4.78 is 2.05. The summed E-state index contributed by atoms with van der Waals surface area (Å²) in [6.07, 6.45) is 7.14. The van der Waals surface area contributed by atoms with Gasteiger partial charge in [-0.3, -0.25) is 4.79 Å². The largest absolute Gasteiger partial charge is 0.353 e. The van der Waals surface area contributed by atoms with Crippen molar-refractivity contribution in [2.75, 3.05) is 14.1 Å². The van der Waals surface area contributed by atoms with Crippen LogP contribution in [0, 0.1) is 5.92 Å². The van der Waals surface area contributed by atoms with E-state index in [-0.39, 0.29) is 11.9 Å². The van der Waals surface area contributed by atoms with E-state index < -0.39 is 0 Å². The first-order valence-electron chi connectivity index (χ1n) is 6.19. The Morgan fingerprint density at radius 3 is 2.88 bits per heavy atom. The number of aryl methyl sites for hydroxylation is 1. The van der Waals surface area contributed by atoms with E-state index in [0.29, 0.717) is 12.3 Å². The lowest BCUT2D eigenvalue weighted by molar-refractivity contribution is -0.128. The van der Waals surface area contributed by atoms with Crippen LogP contribution < -0.4 is 5.73 Å². The Morgan fingerprint density at radius 1 is 1.59 bits per heavy atom. The third-order valence-corrected chi connectivity index (χ3v) is 3.37. The van der Waals surface area contributed by atoms with Gasteiger partial charge < -0.3 is 15.2 Å². The van der Waals surface area contributed by atoms with Crippen LogP contribution in [0.25, 0.3) is 0 Å². The molecule has 0 bridgehead atoms. The lowest BCUT2D eigenvalue weighted by Gasteiger charge is -2.10. The van der Waals surface area contributed by atoms with E-state index in [4.69, 9.17) is 5.73 Å². The summed E-state index contributed by atoms with van der Waals surface area (Å²) in [5.41, 5.74) is 7.33. The molecule has 0 aromatic carbocycles. The monoisotopic (exact) mass is 235 g/mol. The minimum Gasteiger partial charge on any atom is -0.353 e. The predicted molar refractivity (Wildman–Crippen MR) is 67.4 cm³/mol. The molecule has 0 saturated heterocycles. The van der Waals surface area contributed by atoms with Crippen molar-refractivity contribution in [1.29, 1.82) is 0 Å². The smallest absolute Gasteiger partial charge is 0.223 e. The molecular weight excluding hydrogens is 214 g/mol. The van der Waals surface area contributed by atoms with Crippen LogP contribution >= 0.6 is 0 Å². The molecule has 1 saturated carbocycles. The van der Waals surface area contributed by atoms with Crippen LogP contribution in [0.1, 0.15) is 30.9 Å². The molecule has 17 heavy (non-hydrogen) atoms. The van der Waals surface area contributed by atoms with E-state index >= 15 is 0 Å². The molecule has 1 heterocycles. The average Bonchev–Trinajstić information content (AvgIpc) is 3.04. The summed E-state index contributed by atoms with van der Waals surface area (Å²) in [6.45, 7) is 0.731. The highest BCUT2D eigenvalue weighted by atomic mass is 16.2.